The summed E-state index contributed by atoms with van der Waals surface area (Å²) in [6.45, 7) is 2.58. The average molecular weight is 418 g/mol. The van der Waals surface area contributed by atoms with Crippen LogP contribution in [0.2, 0.25) is 0 Å². The third-order valence-electron chi connectivity index (χ3n) is 5.53. The fourth-order valence-corrected chi connectivity index (χ4v) is 5.47. The minimum absolute atomic E-state index is 0.0688. The van der Waals surface area contributed by atoms with Gasteiger partial charge in [-0.15, -0.1) is 0 Å². The molecule has 9 heteroatoms. The van der Waals surface area contributed by atoms with E-state index in [0.29, 0.717) is 26.2 Å². The van der Waals surface area contributed by atoms with E-state index < -0.39 is 15.8 Å². The van der Waals surface area contributed by atoms with Crippen molar-refractivity contribution < 1.29 is 17.6 Å². The molecule has 29 heavy (non-hydrogen) atoms. The van der Waals surface area contributed by atoms with Crippen LogP contribution in [0.5, 0.6) is 0 Å². The number of halogens is 1. The highest BCUT2D eigenvalue weighted by Gasteiger charge is 2.39. The number of hydrogen-bond donors (Lipinski definition) is 0. The molecule has 0 bridgehead atoms. The van der Waals surface area contributed by atoms with Crippen LogP contribution in [0.15, 0.2) is 53.7 Å². The maximum Gasteiger partial charge on any atom is 0.246 e. The predicted octanol–water partition coefficient (Wildman–Crippen LogP) is 1.33. The van der Waals surface area contributed by atoms with Crippen LogP contribution < -0.4 is 0 Å². The number of carbonyl (C=O) groups is 1. The third-order valence-corrected chi connectivity index (χ3v) is 7.47. The SMILES string of the molecule is O=C1C(N2CCN(S(=O)(=O)c3ccccc3F)CC2)CCN1Cc1cccnc1. The zero-order valence-electron chi connectivity index (χ0n) is 15.9. The molecular weight excluding hydrogens is 395 g/mol. The van der Waals surface area contributed by atoms with Gasteiger partial charge in [0.05, 0.1) is 6.04 Å². The second-order valence-corrected chi connectivity index (χ2v) is 9.20. The Hall–Kier alpha value is -2.36. The van der Waals surface area contributed by atoms with Crippen molar-refractivity contribution in [3.05, 3.63) is 60.2 Å². The summed E-state index contributed by atoms with van der Waals surface area (Å²) in [6, 6.07) is 8.98. The highest BCUT2D eigenvalue weighted by molar-refractivity contribution is 7.89. The number of benzene rings is 1. The highest BCUT2D eigenvalue weighted by Crippen LogP contribution is 2.24. The molecule has 0 aliphatic carbocycles. The maximum atomic E-state index is 14.0. The van der Waals surface area contributed by atoms with Gasteiger partial charge in [-0.05, 0) is 30.2 Å². The minimum Gasteiger partial charge on any atom is -0.337 e. The Bertz CT molecular complexity index is 978. The predicted molar refractivity (Wildman–Crippen MR) is 105 cm³/mol. The molecule has 1 aromatic heterocycles. The second-order valence-electron chi connectivity index (χ2n) is 7.30. The average Bonchev–Trinajstić information content (AvgIpc) is 3.09. The van der Waals surface area contributed by atoms with Crippen molar-refractivity contribution in [2.24, 2.45) is 0 Å². The number of carbonyl (C=O) groups excluding carboxylic acids is 1. The molecule has 0 spiro atoms. The third kappa shape index (κ3) is 4.03. The van der Waals surface area contributed by atoms with Crippen molar-refractivity contribution in [2.75, 3.05) is 32.7 Å². The van der Waals surface area contributed by atoms with Crippen LogP contribution in [0.1, 0.15) is 12.0 Å². The first kappa shape index (κ1) is 19.9. The largest absolute Gasteiger partial charge is 0.337 e. The fraction of sp³-hybridized carbons (Fsp3) is 0.400. The van der Waals surface area contributed by atoms with Crippen LogP contribution in [0.4, 0.5) is 4.39 Å². The number of rotatable bonds is 5. The molecule has 3 heterocycles. The lowest BCUT2D eigenvalue weighted by molar-refractivity contribution is -0.133. The van der Waals surface area contributed by atoms with Crippen molar-refractivity contribution in [3.63, 3.8) is 0 Å². The molecule has 1 atom stereocenters. The Morgan fingerprint density at radius 3 is 2.48 bits per heavy atom. The van der Waals surface area contributed by atoms with Crippen molar-refractivity contribution in [2.45, 2.75) is 23.9 Å². The Morgan fingerprint density at radius 1 is 1.03 bits per heavy atom. The summed E-state index contributed by atoms with van der Waals surface area (Å²) in [4.78, 5) is 20.5. The molecule has 2 saturated heterocycles. The van der Waals surface area contributed by atoms with E-state index in [-0.39, 0.29) is 29.9 Å². The molecular formula is C20H23FN4O3S. The molecule has 2 aliphatic heterocycles. The smallest absolute Gasteiger partial charge is 0.246 e. The molecule has 2 aliphatic rings. The van der Waals surface area contributed by atoms with E-state index in [0.717, 1.165) is 18.1 Å². The lowest BCUT2D eigenvalue weighted by Gasteiger charge is -2.36. The van der Waals surface area contributed by atoms with Crippen molar-refractivity contribution in [1.82, 2.24) is 19.1 Å². The first-order chi connectivity index (χ1) is 14.0. The number of amides is 1. The summed E-state index contributed by atoms with van der Waals surface area (Å²) in [7, 11) is -3.88. The van der Waals surface area contributed by atoms with E-state index in [1.54, 1.807) is 12.4 Å². The number of sulfonamides is 1. The molecule has 0 N–H and O–H groups in total. The Morgan fingerprint density at radius 2 is 1.79 bits per heavy atom. The van der Waals surface area contributed by atoms with Gasteiger partial charge in [-0.1, -0.05) is 18.2 Å². The van der Waals surface area contributed by atoms with Gasteiger partial charge in [0.15, 0.2) is 0 Å². The fourth-order valence-electron chi connectivity index (χ4n) is 3.98. The van der Waals surface area contributed by atoms with Gasteiger partial charge in [-0.2, -0.15) is 4.31 Å². The van der Waals surface area contributed by atoms with E-state index in [1.807, 2.05) is 21.9 Å². The first-order valence-electron chi connectivity index (χ1n) is 9.63. The molecule has 1 aromatic carbocycles. The molecule has 154 valence electrons. The van der Waals surface area contributed by atoms with Gasteiger partial charge in [0, 0.05) is 51.7 Å². The first-order valence-corrected chi connectivity index (χ1v) is 11.1. The lowest BCUT2D eigenvalue weighted by atomic mass is 10.2. The monoisotopic (exact) mass is 418 g/mol. The summed E-state index contributed by atoms with van der Waals surface area (Å²) < 4.78 is 40.7. The molecule has 1 amide bonds. The quantitative estimate of drug-likeness (QED) is 0.733. The van der Waals surface area contributed by atoms with Crippen LogP contribution >= 0.6 is 0 Å². The summed E-state index contributed by atoms with van der Waals surface area (Å²) in [5, 5.41) is 0. The van der Waals surface area contributed by atoms with Gasteiger partial charge in [0.1, 0.15) is 10.7 Å². The molecule has 0 saturated carbocycles. The van der Waals surface area contributed by atoms with Gasteiger partial charge < -0.3 is 4.90 Å². The Labute approximate surface area is 169 Å². The number of nitrogens with zero attached hydrogens (tertiary/aromatic N) is 4. The standard InChI is InChI=1S/C20H23FN4O3S/c21-17-5-1-2-6-19(17)29(27,28)25-12-10-23(11-13-25)18-7-9-24(20(18)26)15-16-4-3-8-22-14-16/h1-6,8,14,18H,7,9-13,15H2. The molecule has 2 aromatic rings. The summed E-state index contributed by atoms with van der Waals surface area (Å²) in [5.74, 6) is -0.675. The van der Waals surface area contributed by atoms with E-state index >= 15 is 0 Å². The lowest BCUT2D eigenvalue weighted by Crippen LogP contribution is -2.53. The summed E-state index contributed by atoms with van der Waals surface area (Å²) in [5.41, 5.74) is 0.988. The van der Waals surface area contributed by atoms with E-state index in [9.17, 15) is 17.6 Å². The van der Waals surface area contributed by atoms with Crippen LogP contribution in [-0.4, -0.2) is 72.2 Å². The van der Waals surface area contributed by atoms with Crippen molar-refractivity contribution in [1.29, 1.82) is 0 Å². The topological polar surface area (TPSA) is 73.8 Å². The Kier molecular flexibility index (Phi) is 5.62. The van der Waals surface area contributed by atoms with E-state index in [4.69, 9.17) is 0 Å². The van der Waals surface area contributed by atoms with Crippen LogP contribution in [0, 0.1) is 5.82 Å². The van der Waals surface area contributed by atoms with Crippen LogP contribution in [0.25, 0.3) is 0 Å². The number of aromatic nitrogens is 1. The number of hydrogen-bond acceptors (Lipinski definition) is 5. The number of piperazine rings is 1. The normalized spacial score (nSPS) is 21.6. The number of pyridine rings is 1. The molecule has 1 unspecified atom stereocenters. The Balaban J connectivity index is 1.38. The highest BCUT2D eigenvalue weighted by atomic mass is 32.2. The van der Waals surface area contributed by atoms with Gasteiger partial charge in [-0.3, -0.25) is 14.7 Å². The molecule has 2 fully saturated rings. The maximum absolute atomic E-state index is 14.0. The number of likely N-dealkylation sites (tertiary alicyclic amines) is 1. The molecule has 0 radical (unpaired) electrons. The molecule has 7 nitrogen and oxygen atoms in total. The van der Waals surface area contributed by atoms with Gasteiger partial charge in [0.2, 0.25) is 15.9 Å². The zero-order chi connectivity index (χ0) is 20.4. The van der Waals surface area contributed by atoms with E-state index in [1.165, 1.54) is 22.5 Å². The summed E-state index contributed by atoms with van der Waals surface area (Å²) >= 11 is 0. The zero-order valence-corrected chi connectivity index (χ0v) is 16.8. The van der Waals surface area contributed by atoms with Crippen molar-refractivity contribution >= 4 is 15.9 Å². The van der Waals surface area contributed by atoms with Crippen LogP contribution in [-0.2, 0) is 21.4 Å². The second kappa shape index (κ2) is 8.17. The van der Waals surface area contributed by atoms with E-state index in [2.05, 4.69) is 4.98 Å². The molecule has 4 rings (SSSR count). The minimum atomic E-state index is -3.88. The summed E-state index contributed by atoms with van der Waals surface area (Å²) in [6.07, 6.45) is 4.18. The van der Waals surface area contributed by atoms with Gasteiger partial charge >= 0.3 is 0 Å². The van der Waals surface area contributed by atoms with Gasteiger partial charge in [0.25, 0.3) is 0 Å². The van der Waals surface area contributed by atoms with Crippen LogP contribution in [0.3, 0.4) is 0 Å². The van der Waals surface area contributed by atoms with Crippen molar-refractivity contribution in [3.8, 4) is 0 Å². The van der Waals surface area contributed by atoms with Gasteiger partial charge in [-0.25, -0.2) is 12.8 Å².